The first-order valence-electron chi connectivity index (χ1n) is 8.59. The van der Waals surface area contributed by atoms with E-state index >= 15 is 0 Å². The number of hydrogen-bond acceptors (Lipinski definition) is 3. The number of hydrogen-bond donors (Lipinski definition) is 1. The number of nitrogens with two attached hydrogens (primary N) is 1. The van der Waals surface area contributed by atoms with Crippen molar-refractivity contribution < 1.29 is 9.21 Å². The van der Waals surface area contributed by atoms with Gasteiger partial charge < -0.3 is 10.2 Å². The molecular weight excluding hydrogens is 300 g/mol. The van der Waals surface area contributed by atoms with Gasteiger partial charge in [0, 0.05) is 37.5 Å². The molecule has 0 unspecified atom stereocenters. The lowest BCUT2D eigenvalue weighted by molar-refractivity contribution is 0.0972. The van der Waals surface area contributed by atoms with Gasteiger partial charge in [0.25, 0.3) is 5.91 Å². The SMILES string of the molecule is CCc1oc(C(N)=O)cc1CN1C[C@@H](c2ccccc2)C(C)(C)C1. The van der Waals surface area contributed by atoms with Crippen molar-refractivity contribution in [1.82, 2.24) is 4.90 Å². The molecule has 1 aromatic heterocycles. The number of likely N-dealkylation sites (tertiary alicyclic amines) is 1. The van der Waals surface area contributed by atoms with Crippen molar-refractivity contribution in [1.29, 1.82) is 0 Å². The molecule has 0 spiro atoms. The topological polar surface area (TPSA) is 59.5 Å². The molecule has 2 N–H and O–H groups in total. The van der Waals surface area contributed by atoms with Gasteiger partial charge in [-0.3, -0.25) is 9.69 Å². The van der Waals surface area contributed by atoms with Gasteiger partial charge in [0.15, 0.2) is 5.76 Å². The fourth-order valence-electron chi connectivity index (χ4n) is 3.88. The molecular formula is C20H26N2O2. The average Bonchev–Trinajstić information content (AvgIpc) is 3.08. The molecule has 1 amide bonds. The first-order chi connectivity index (χ1) is 11.4. The molecule has 1 aliphatic rings. The molecule has 0 bridgehead atoms. The molecule has 1 fully saturated rings. The highest BCUT2D eigenvalue weighted by Gasteiger charge is 2.40. The van der Waals surface area contributed by atoms with E-state index in [1.807, 2.05) is 13.0 Å². The maximum atomic E-state index is 11.4. The number of primary amides is 1. The highest BCUT2D eigenvalue weighted by Crippen LogP contribution is 2.42. The quantitative estimate of drug-likeness (QED) is 0.914. The number of carbonyl (C=O) groups is 1. The number of rotatable bonds is 5. The zero-order valence-corrected chi connectivity index (χ0v) is 14.7. The lowest BCUT2D eigenvalue weighted by Gasteiger charge is -2.26. The van der Waals surface area contributed by atoms with Gasteiger partial charge in [-0.1, -0.05) is 51.1 Å². The molecule has 0 aliphatic carbocycles. The number of aryl methyl sites for hydroxylation is 1. The summed E-state index contributed by atoms with van der Waals surface area (Å²) in [5.74, 6) is 1.14. The summed E-state index contributed by atoms with van der Waals surface area (Å²) in [6.07, 6.45) is 0.766. The van der Waals surface area contributed by atoms with E-state index in [4.69, 9.17) is 10.2 Å². The van der Waals surface area contributed by atoms with Crippen molar-refractivity contribution in [2.24, 2.45) is 11.1 Å². The lowest BCUT2D eigenvalue weighted by atomic mass is 9.78. The van der Waals surface area contributed by atoms with Gasteiger partial charge in [0.05, 0.1) is 0 Å². The minimum absolute atomic E-state index is 0.212. The summed E-state index contributed by atoms with van der Waals surface area (Å²) < 4.78 is 5.60. The predicted octanol–water partition coefficient (Wildman–Crippen LogP) is 3.57. The van der Waals surface area contributed by atoms with Gasteiger partial charge in [0.2, 0.25) is 0 Å². The third-order valence-corrected chi connectivity index (χ3v) is 5.07. The first-order valence-corrected chi connectivity index (χ1v) is 8.59. The van der Waals surface area contributed by atoms with E-state index in [1.54, 1.807) is 0 Å². The van der Waals surface area contributed by atoms with E-state index in [0.29, 0.717) is 5.92 Å². The van der Waals surface area contributed by atoms with Crippen molar-refractivity contribution in [2.75, 3.05) is 13.1 Å². The zero-order chi connectivity index (χ0) is 17.3. The Hall–Kier alpha value is -2.07. The fourth-order valence-corrected chi connectivity index (χ4v) is 3.88. The molecule has 2 aromatic rings. The summed E-state index contributed by atoms with van der Waals surface area (Å²) >= 11 is 0. The molecule has 0 radical (unpaired) electrons. The number of amides is 1. The van der Waals surface area contributed by atoms with Crippen LogP contribution in [0, 0.1) is 5.41 Å². The van der Waals surface area contributed by atoms with Crippen molar-refractivity contribution in [2.45, 2.75) is 39.7 Å². The summed E-state index contributed by atoms with van der Waals surface area (Å²) in [6, 6.07) is 12.5. The number of furan rings is 1. The summed E-state index contributed by atoms with van der Waals surface area (Å²) in [7, 11) is 0. The van der Waals surface area contributed by atoms with Crippen molar-refractivity contribution in [3.8, 4) is 0 Å². The maximum absolute atomic E-state index is 11.4. The molecule has 0 saturated carbocycles. The van der Waals surface area contributed by atoms with Crippen LogP contribution in [0.5, 0.6) is 0 Å². The molecule has 4 nitrogen and oxygen atoms in total. The minimum Gasteiger partial charge on any atom is -0.456 e. The molecule has 1 aliphatic heterocycles. The Morgan fingerprint density at radius 3 is 2.67 bits per heavy atom. The van der Waals surface area contributed by atoms with Crippen molar-refractivity contribution >= 4 is 5.91 Å². The molecule has 2 heterocycles. The summed E-state index contributed by atoms with van der Waals surface area (Å²) in [6.45, 7) is 9.52. The van der Waals surface area contributed by atoms with E-state index in [1.165, 1.54) is 5.56 Å². The lowest BCUT2D eigenvalue weighted by Crippen LogP contribution is -2.23. The van der Waals surface area contributed by atoms with Crippen LogP contribution in [0.4, 0.5) is 0 Å². The first kappa shape index (κ1) is 16.8. The second-order valence-electron chi connectivity index (χ2n) is 7.40. The van der Waals surface area contributed by atoms with E-state index in [2.05, 4.69) is 49.1 Å². The summed E-state index contributed by atoms with van der Waals surface area (Å²) in [4.78, 5) is 13.8. The van der Waals surface area contributed by atoms with E-state index in [0.717, 1.165) is 37.4 Å². The minimum atomic E-state index is -0.500. The number of carbonyl (C=O) groups excluding carboxylic acids is 1. The molecule has 1 aromatic carbocycles. The summed E-state index contributed by atoms with van der Waals surface area (Å²) in [5, 5.41) is 0. The second-order valence-corrected chi connectivity index (χ2v) is 7.40. The van der Waals surface area contributed by atoms with Gasteiger partial charge in [-0.2, -0.15) is 0 Å². The Kier molecular flexibility index (Phi) is 4.50. The molecule has 3 rings (SSSR count). The Labute approximate surface area is 143 Å². The smallest absolute Gasteiger partial charge is 0.284 e. The monoisotopic (exact) mass is 326 g/mol. The Bertz CT molecular complexity index is 718. The van der Waals surface area contributed by atoms with Crippen LogP contribution in [-0.2, 0) is 13.0 Å². The second kappa shape index (κ2) is 6.44. The van der Waals surface area contributed by atoms with Crippen LogP contribution in [0.25, 0.3) is 0 Å². The highest BCUT2D eigenvalue weighted by molar-refractivity contribution is 5.90. The van der Waals surface area contributed by atoms with E-state index < -0.39 is 5.91 Å². The third kappa shape index (κ3) is 3.24. The Morgan fingerprint density at radius 1 is 1.33 bits per heavy atom. The van der Waals surface area contributed by atoms with Gasteiger partial charge in [0.1, 0.15) is 5.76 Å². The van der Waals surface area contributed by atoms with Crippen LogP contribution >= 0.6 is 0 Å². The van der Waals surface area contributed by atoms with Crippen LogP contribution in [0.2, 0.25) is 0 Å². The maximum Gasteiger partial charge on any atom is 0.284 e. The summed E-state index contributed by atoms with van der Waals surface area (Å²) in [5.41, 5.74) is 8.04. The van der Waals surface area contributed by atoms with E-state index in [9.17, 15) is 4.79 Å². The molecule has 24 heavy (non-hydrogen) atoms. The fraction of sp³-hybridized carbons (Fsp3) is 0.450. The third-order valence-electron chi connectivity index (χ3n) is 5.07. The van der Waals surface area contributed by atoms with E-state index in [-0.39, 0.29) is 11.2 Å². The highest BCUT2D eigenvalue weighted by atomic mass is 16.3. The molecule has 1 atom stereocenters. The Balaban J connectivity index is 1.79. The van der Waals surface area contributed by atoms with Crippen LogP contribution in [0.1, 0.15) is 54.1 Å². The zero-order valence-electron chi connectivity index (χ0n) is 14.7. The van der Waals surface area contributed by atoms with Crippen LogP contribution in [0.15, 0.2) is 40.8 Å². The standard InChI is InChI=1S/C20H26N2O2/c1-4-17-15(10-18(24-17)19(21)23)11-22-12-16(20(2,3)13-22)14-8-6-5-7-9-14/h5-10,16H,4,11-13H2,1-3H3,(H2,21,23)/t16-/m0/s1. The molecule has 128 valence electrons. The van der Waals surface area contributed by atoms with Gasteiger partial charge in [-0.15, -0.1) is 0 Å². The largest absolute Gasteiger partial charge is 0.456 e. The average molecular weight is 326 g/mol. The van der Waals surface area contributed by atoms with Crippen LogP contribution in [0.3, 0.4) is 0 Å². The van der Waals surface area contributed by atoms with Crippen molar-refractivity contribution in [3.05, 3.63) is 59.0 Å². The molecule has 4 heteroatoms. The predicted molar refractivity (Wildman–Crippen MR) is 94.8 cm³/mol. The van der Waals surface area contributed by atoms with Crippen molar-refractivity contribution in [3.63, 3.8) is 0 Å². The van der Waals surface area contributed by atoms with Gasteiger partial charge in [-0.05, 0) is 17.0 Å². The number of nitrogens with zero attached hydrogens (tertiary/aromatic N) is 1. The van der Waals surface area contributed by atoms with Gasteiger partial charge >= 0.3 is 0 Å². The normalized spacial score (nSPS) is 20.4. The van der Waals surface area contributed by atoms with Gasteiger partial charge in [-0.25, -0.2) is 0 Å². The number of benzene rings is 1. The molecule has 1 saturated heterocycles. The Morgan fingerprint density at radius 2 is 2.04 bits per heavy atom. The van der Waals surface area contributed by atoms with Crippen LogP contribution in [-0.4, -0.2) is 23.9 Å². The van der Waals surface area contributed by atoms with Crippen LogP contribution < -0.4 is 5.73 Å².